The molecule has 0 fully saturated rings. The Morgan fingerprint density at radius 3 is 2.57 bits per heavy atom. The maximum Gasteiger partial charge on any atom is 0.280 e. The highest BCUT2D eigenvalue weighted by molar-refractivity contribution is 5.81. The molecule has 0 saturated carbocycles. The van der Waals surface area contributed by atoms with Crippen LogP contribution in [0.4, 0.5) is 5.82 Å². The predicted octanol–water partition coefficient (Wildman–Crippen LogP) is 2.33. The lowest BCUT2D eigenvalue weighted by Gasteiger charge is -2.07. The van der Waals surface area contributed by atoms with E-state index in [1.165, 1.54) is 6.21 Å². The Bertz CT molecular complexity index is 879. The minimum absolute atomic E-state index is 0.109. The number of hydrogen-bond acceptors (Lipinski definition) is 4. The molecule has 23 heavy (non-hydrogen) atoms. The maximum absolute atomic E-state index is 12.7. The molecule has 0 saturated heterocycles. The van der Waals surface area contributed by atoms with Crippen LogP contribution in [0, 0.1) is 6.92 Å². The number of anilines is 1. The lowest BCUT2D eigenvalue weighted by atomic mass is 10.3. The summed E-state index contributed by atoms with van der Waals surface area (Å²) in [5.74, 6) is 0.626. The molecule has 2 aromatic heterocycles. The molecule has 1 N–H and O–H groups in total. The van der Waals surface area contributed by atoms with E-state index in [9.17, 15) is 4.79 Å². The summed E-state index contributed by atoms with van der Waals surface area (Å²) < 4.78 is 3.44. The van der Waals surface area contributed by atoms with E-state index in [1.54, 1.807) is 16.9 Å². The molecule has 0 atom stereocenters. The van der Waals surface area contributed by atoms with Gasteiger partial charge in [-0.3, -0.25) is 14.9 Å². The van der Waals surface area contributed by atoms with E-state index < -0.39 is 0 Å². The van der Waals surface area contributed by atoms with Gasteiger partial charge in [-0.2, -0.15) is 5.10 Å². The lowest BCUT2D eigenvalue weighted by Crippen LogP contribution is -2.20. The highest BCUT2D eigenvalue weighted by Crippen LogP contribution is 2.09. The summed E-state index contributed by atoms with van der Waals surface area (Å²) in [7, 11) is 1.85. The Balaban J connectivity index is 1.94. The van der Waals surface area contributed by atoms with Crippen molar-refractivity contribution in [2.24, 2.45) is 12.1 Å². The third-order valence-corrected chi connectivity index (χ3v) is 3.64. The molecule has 0 bridgehead atoms. The second kappa shape index (κ2) is 6.31. The van der Waals surface area contributed by atoms with Crippen LogP contribution in [-0.2, 0) is 7.05 Å². The second-order valence-corrected chi connectivity index (χ2v) is 5.06. The molecule has 0 aliphatic rings. The number of hydrazone groups is 1. The molecule has 0 unspecified atom stereocenters. The number of nitrogens with zero attached hydrogens (tertiary/aromatic N) is 4. The van der Waals surface area contributed by atoms with Crippen molar-refractivity contribution in [1.29, 1.82) is 0 Å². The van der Waals surface area contributed by atoms with Crippen molar-refractivity contribution in [2.45, 2.75) is 6.92 Å². The van der Waals surface area contributed by atoms with Gasteiger partial charge in [0.1, 0.15) is 5.82 Å². The van der Waals surface area contributed by atoms with E-state index in [0.717, 1.165) is 11.4 Å². The van der Waals surface area contributed by atoms with Gasteiger partial charge in [-0.1, -0.05) is 24.3 Å². The average Bonchev–Trinajstić information content (AvgIpc) is 2.80. The quantitative estimate of drug-likeness (QED) is 0.594. The van der Waals surface area contributed by atoms with Crippen LogP contribution in [-0.4, -0.2) is 20.6 Å². The maximum atomic E-state index is 12.7. The number of para-hydroxylation sites is 1. The van der Waals surface area contributed by atoms with Crippen molar-refractivity contribution >= 4 is 12.0 Å². The van der Waals surface area contributed by atoms with E-state index in [2.05, 4.69) is 15.5 Å². The molecule has 0 aliphatic carbocycles. The van der Waals surface area contributed by atoms with Crippen LogP contribution in [0.1, 0.15) is 11.3 Å². The van der Waals surface area contributed by atoms with Gasteiger partial charge < -0.3 is 0 Å². The molecule has 3 rings (SSSR count). The molecule has 6 nitrogen and oxygen atoms in total. The number of benzene rings is 1. The Kier molecular flexibility index (Phi) is 4.05. The Morgan fingerprint density at radius 2 is 1.87 bits per heavy atom. The zero-order valence-electron chi connectivity index (χ0n) is 13.0. The van der Waals surface area contributed by atoms with Crippen molar-refractivity contribution in [3.8, 4) is 5.69 Å². The molecule has 1 aromatic carbocycles. The molecule has 0 radical (unpaired) electrons. The summed E-state index contributed by atoms with van der Waals surface area (Å²) in [4.78, 5) is 16.8. The summed E-state index contributed by atoms with van der Waals surface area (Å²) in [6.45, 7) is 1.89. The summed E-state index contributed by atoms with van der Waals surface area (Å²) in [6.07, 6.45) is 3.21. The van der Waals surface area contributed by atoms with Crippen molar-refractivity contribution in [3.05, 3.63) is 76.3 Å². The van der Waals surface area contributed by atoms with Crippen LogP contribution in [0.2, 0.25) is 0 Å². The van der Waals surface area contributed by atoms with Gasteiger partial charge in [0, 0.05) is 18.9 Å². The Morgan fingerprint density at radius 1 is 1.13 bits per heavy atom. The van der Waals surface area contributed by atoms with Gasteiger partial charge in [-0.15, -0.1) is 0 Å². The normalized spacial score (nSPS) is 11.0. The third-order valence-electron chi connectivity index (χ3n) is 3.64. The summed E-state index contributed by atoms with van der Waals surface area (Å²) >= 11 is 0. The number of hydrogen-bond donors (Lipinski definition) is 1. The van der Waals surface area contributed by atoms with Gasteiger partial charge in [0.05, 0.1) is 17.5 Å². The van der Waals surface area contributed by atoms with Gasteiger partial charge in [0.25, 0.3) is 5.56 Å². The van der Waals surface area contributed by atoms with E-state index in [-0.39, 0.29) is 5.56 Å². The lowest BCUT2D eigenvalue weighted by molar-refractivity contribution is 0.630. The molecular weight excluding hydrogens is 290 g/mol. The highest BCUT2D eigenvalue weighted by atomic mass is 16.1. The fourth-order valence-corrected chi connectivity index (χ4v) is 2.33. The van der Waals surface area contributed by atoms with E-state index in [0.29, 0.717) is 11.4 Å². The number of pyridine rings is 1. The summed E-state index contributed by atoms with van der Waals surface area (Å²) in [5.41, 5.74) is 4.91. The largest absolute Gasteiger partial charge is 0.285 e. The molecular formula is C17H17N5O. The van der Waals surface area contributed by atoms with Gasteiger partial charge in [0.15, 0.2) is 0 Å². The second-order valence-electron chi connectivity index (χ2n) is 5.06. The molecule has 0 aliphatic heterocycles. The molecule has 0 spiro atoms. The van der Waals surface area contributed by atoms with Crippen molar-refractivity contribution in [2.75, 3.05) is 5.43 Å². The zero-order chi connectivity index (χ0) is 16.2. The molecule has 3 aromatic rings. The number of rotatable bonds is 4. The first kappa shape index (κ1) is 14.8. The van der Waals surface area contributed by atoms with Gasteiger partial charge in [-0.25, -0.2) is 9.67 Å². The van der Waals surface area contributed by atoms with Crippen LogP contribution in [0.25, 0.3) is 5.69 Å². The van der Waals surface area contributed by atoms with Crippen LogP contribution in [0.5, 0.6) is 0 Å². The first-order valence-electron chi connectivity index (χ1n) is 7.22. The first-order chi connectivity index (χ1) is 11.2. The van der Waals surface area contributed by atoms with Crippen molar-refractivity contribution in [3.63, 3.8) is 0 Å². The first-order valence-corrected chi connectivity index (χ1v) is 7.22. The fourth-order valence-electron chi connectivity index (χ4n) is 2.33. The smallest absolute Gasteiger partial charge is 0.280 e. The number of nitrogens with one attached hydrogen (secondary N) is 1. The third kappa shape index (κ3) is 2.91. The summed E-state index contributed by atoms with van der Waals surface area (Å²) in [5, 5.41) is 4.12. The number of aromatic nitrogens is 3. The molecule has 6 heteroatoms. The van der Waals surface area contributed by atoms with E-state index in [4.69, 9.17) is 0 Å². The van der Waals surface area contributed by atoms with Crippen molar-refractivity contribution in [1.82, 2.24) is 14.3 Å². The zero-order valence-corrected chi connectivity index (χ0v) is 13.0. The standard InChI is InChI=1S/C17H17N5O/c1-13-15(12-19-20-16-10-6-7-11-18-16)17(23)22(21(13)2)14-8-4-3-5-9-14/h3-12H,1-2H3,(H,18,20)/b19-12-. The predicted molar refractivity (Wildman–Crippen MR) is 91.2 cm³/mol. The topological polar surface area (TPSA) is 64.2 Å². The SMILES string of the molecule is Cc1c(/C=N\Nc2ccccn2)c(=O)n(-c2ccccc2)n1C. The minimum atomic E-state index is -0.109. The van der Waals surface area contributed by atoms with Crippen LogP contribution in [0.15, 0.2) is 64.6 Å². The highest BCUT2D eigenvalue weighted by Gasteiger charge is 2.14. The van der Waals surface area contributed by atoms with E-state index in [1.807, 2.05) is 61.1 Å². The monoisotopic (exact) mass is 307 g/mol. The van der Waals surface area contributed by atoms with Gasteiger partial charge in [0.2, 0.25) is 0 Å². The summed E-state index contributed by atoms with van der Waals surface area (Å²) in [6, 6.07) is 15.0. The fraction of sp³-hybridized carbons (Fsp3) is 0.118. The van der Waals surface area contributed by atoms with Gasteiger partial charge >= 0.3 is 0 Å². The van der Waals surface area contributed by atoms with Crippen molar-refractivity contribution < 1.29 is 0 Å². The average molecular weight is 307 g/mol. The van der Waals surface area contributed by atoms with Crippen LogP contribution in [0.3, 0.4) is 0 Å². The molecule has 116 valence electrons. The Hall–Kier alpha value is -3.15. The van der Waals surface area contributed by atoms with Gasteiger partial charge in [-0.05, 0) is 31.2 Å². The van der Waals surface area contributed by atoms with E-state index >= 15 is 0 Å². The molecule has 2 heterocycles. The minimum Gasteiger partial charge on any atom is -0.285 e. The molecule has 0 amide bonds. The van der Waals surface area contributed by atoms with Crippen LogP contribution >= 0.6 is 0 Å². The Labute approximate surface area is 133 Å². The van der Waals surface area contributed by atoms with Crippen LogP contribution < -0.4 is 11.0 Å².